The molecular weight excluding hydrogens is 166 g/mol. The zero-order valence-electron chi connectivity index (χ0n) is 7.77. The molecule has 0 aliphatic rings. The van der Waals surface area contributed by atoms with Crippen LogP contribution in [0.3, 0.4) is 0 Å². The monoisotopic (exact) mass is 179 g/mol. The molecule has 0 aliphatic heterocycles. The molecule has 0 unspecified atom stereocenters. The summed E-state index contributed by atoms with van der Waals surface area (Å²) in [5, 5.41) is 9.70. The minimum atomic E-state index is -0.744. The van der Waals surface area contributed by atoms with E-state index in [4.69, 9.17) is 0 Å². The van der Waals surface area contributed by atoms with Gasteiger partial charge >= 0.3 is 0 Å². The Bertz CT molecular complexity index is 284. The number of aliphatic hydroxyl groups is 1. The molecule has 0 amide bonds. The van der Waals surface area contributed by atoms with Gasteiger partial charge in [0.25, 0.3) is 0 Å². The third-order valence-corrected chi connectivity index (χ3v) is 2.14. The number of aromatic nitrogens is 1. The van der Waals surface area contributed by atoms with E-state index in [1.54, 1.807) is 31.5 Å². The maximum absolute atomic E-state index is 11.0. The van der Waals surface area contributed by atoms with E-state index < -0.39 is 6.10 Å². The van der Waals surface area contributed by atoms with Gasteiger partial charge in [-0.2, -0.15) is 0 Å². The Morgan fingerprint density at radius 3 is 2.77 bits per heavy atom. The van der Waals surface area contributed by atoms with Crippen molar-refractivity contribution >= 4 is 5.78 Å². The Hall–Kier alpha value is -1.22. The molecule has 1 heterocycles. The number of hydrogen-bond donors (Lipinski definition) is 1. The highest BCUT2D eigenvalue weighted by Gasteiger charge is 2.19. The van der Waals surface area contributed by atoms with Crippen molar-refractivity contribution in [1.29, 1.82) is 0 Å². The van der Waals surface area contributed by atoms with Crippen molar-refractivity contribution in [2.75, 3.05) is 0 Å². The second-order valence-electron chi connectivity index (χ2n) is 3.13. The molecule has 0 aliphatic carbocycles. The third-order valence-electron chi connectivity index (χ3n) is 2.14. The summed E-state index contributed by atoms with van der Waals surface area (Å²) in [4.78, 5) is 14.9. The van der Waals surface area contributed by atoms with Crippen LogP contribution in [0.1, 0.15) is 25.5 Å². The summed E-state index contributed by atoms with van der Waals surface area (Å²) in [5.41, 5.74) is 0.685. The molecule has 0 saturated heterocycles. The van der Waals surface area contributed by atoms with Crippen LogP contribution in [-0.2, 0) is 4.79 Å². The molecule has 0 bridgehead atoms. The number of carbonyl (C=O) groups is 1. The summed E-state index contributed by atoms with van der Waals surface area (Å²) in [6.45, 7) is 3.18. The van der Waals surface area contributed by atoms with E-state index in [1.165, 1.54) is 6.92 Å². The fourth-order valence-corrected chi connectivity index (χ4v) is 1.06. The highest BCUT2D eigenvalue weighted by Crippen LogP contribution is 2.20. The zero-order valence-corrected chi connectivity index (χ0v) is 7.77. The predicted molar refractivity (Wildman–Crippen MR) is 49.0 cm³/mol. The molecule has 70 valence electrons. The SMILES string of the molecule is CC(=O)[C@@H](C)[C@H](O)c1cccnc1. The first-order valence-electron chi connectivity index (χ1n) is 4.21. The van der Waals surface area contributed by atoms with Gasteiger partial charge in [-0.15, -0.1) is 0 Å². The van der Waals surface area contributed by atoms with Gasteiger partial charge < -0.3 is 5.11 Å². The lowest BCUT2D eigenvalue weighted by Gasteiger charge is -2.15. The van der Waals surface area contributed by atoms with Crippen molar-refractivity contribution < 1.29 is 9.90 Å². The quantitative estimate of drug-likeness (QED) is 0.761. The molecule has 0 fully saturated rings. The lowest BCUT2D eigenvalue weighted by Crippen LogP contribution is -2.16. The number of hydrogen-bond acceptors (Lipinski definition) is 3. The van der Waals surface area contributed by atoms with Crippen LogP contribution < -0.4 is 0 Å². The van der Waals surface area contributed by atoms with Crippen molar-refractivity contribution in [3.05, 3.63) is 30.1 Å². The van der Waals surface area contributed by atoms with Crippen molar-refractivity contribution in [2.24, 2.45) is 5.92 Å². The Balaban J connectivity index is 2.79. The molecule has 1 N–H and O–H groups in total. The molecule has 3 heteroatoms. The first-order chi connectivity index (χ1) is 6.13. The summed E-state index contributed by atoms with van der Waals surface area (Å²) < 4.78 is 0. The maximum Gasteiger partial charge on any atom is 0.135 e. The minimum absolute atomic E-state index is 0.0173. The molecule has 1 rings (SSSR count). The predicted octanol–water partition coefficient (Wildman–Crippen LogP) is 1.34. The van der Waals surface area contributed by atoms with E-state index in [0.29, 0.717) is 5.56 Å². The van der Waals surface area contributed by atoms with E-state index in [9.17, 15) is 9.90 Å². The number of aliphatic hydroxyl groups excluding tert-OH is 1. The van der Waals surface area contributed by atoms with Crippen molar-refractivity contribution in [2.45, 2.75) is 20.0 Å². The Morgan fingerprint density at radius 2 is 2.31 bits per heavy atom. The van der Waals surface area contributed by atoms with Gasteiger partial charge in [-0.3, -0.25) is 9.78 Å². The summed E-state index contributed by atoms with van der Waals surface area (Å²) in [7, 11) is 0. The van der Waals surface area contributed by atoms with Crippen molar-refractivity contribution in [1.82, 2.24) is 4.98 Å². The Labute approximate surface area is 77.4 Å². The second-order valence-corrected chi connectivity index (χ2v) is 3.13. The first-order valence-corrected chi connectivity index (χ1v) is 4.21. The van der Waals surface area contributed by atoms with Crippen LogP contribution in [0.2, 0.25) is 0 Å². The van der Waals surface area contributed by atoms with E-state index in [-0.39, 0.29) is 11.7 Å². The number of Topliss-reactive ketones (excluding diaryl/α,β-unsaturated/α-hetero) is 1. The largest absolute Gasteiger partial charge is 0.388 e. The fourth-order valence-electron chi connectivity index (χ4n) is 1.06. The number of carbonyl (C=O) groups excluding carboxylic acids is 1. The summed E-state index contributed by atoms with van der Waals surface area (Å²) in [6.07, 6.45) is 2.46. The lowest BCUT2D eigenvalue weighted by atomic mass is 9.96. The third kappa shape index (κ3) is 2.36. The standard InChI is InChI=1S/C10H13NO2/c1-7(8(2)12)10(13)9-4-3-5-11-6-9/h3-7,10,13H,1-2H3/t7-,10+/m1/s1. The van der Waals surface area contributed by atoms with Crippen LogP contribution >= 0.6 is 0 Å². The van der Waals surface area contributed by atoms with Gasteiger partial charge in [0, 0.05) is 18.3 Å². The first kappa shape index (κ1) is 9.86. The van der Waals surface area contributed by atoms with Crippen LogP contribution in [0.4, 0.5) is 0 Å². The molecule has 0 saturated carbocycles. The fraction of sp³-hybridized carbons (Fsp3) is 0.400. The summed E-state index contributed by atoms with van der Waals surface area (Å²) in [5.74, 6) is -0.388. The van der Waals surface area contributed by atoms with Gasteiger partial charge in [0.15, 0.2) is 0 Å². The summed E-state index contributed by atoms with van der Waals surface area (Å²) >= 11 is 0. The molecule has 2 atom stereocenters. The van der Waals surface area contributed by atoms with Crippen LogP contribution in [0.5, 0.6) is 0 Å². The van der Waals surface area contributed by atoms with Crippen molar-refractivity contribution in [3.63, 3.8) is 0 Å². The molecule has 0 spiro atoms. The van der Waals surface area contributed by atoms with E-state index in [0.717, 1.165) is 0 Å². The van der Waals surface area contributed by atoms with Crippen LogP contribution in [-0.4, -0.2) is 15.9 Å². The molecule has 0 radical (unpaired) electrons. The van der Waals surface area contributed by atoms with Crippen LogP contribution in [0.15, 0.2) is 24.5 Å². The normalized spacial score (nSPS) is 15.0. The zero-order chi connectivity index (χ0) is 9.84. The number of ketones is 1. The maximum atomic E-state index is 11.0. The Kier molecular flexibility index (Phi) is 3.14. The van der Waals surface area contributed by atoms with Crippen LogP contribution in [0, 0.1) is 5.92 Å². The number of nitrogens with zero attached hydrogens (tertiary/aromatic N) is 1. The highest BCUT2D eigenvalue weighted by atomic mass is 16.3. The topological polar surface area (TPSA) is 50.2 Å². The molecule has 1 aromatic heterocycles. The average molecular weight is 179 g/mol. The number of pyridine rings is 1. The second kappa shape index (κ2) is 4.14. The lowest BCUT2D eigenvalue weighted by molar-refractivity contribution is -0.123. The van der Waals surface area contributed by atoms with Gasteiger partial charge in [0.1, 0.15) is 5.78 Å². The smallest absolute Gasteiger partial charge is 0.135 e. The number of rotatable bonds is 3. The molecule has 0 aromatic carbocycles. The van der Waals surface area contributed by atoms with Gasteiger partial charge in [-0.05, 0) is 18.6 Å². The Morgan fingerprint density at radius 1 is 1.62 bits per heavy atom. The molecule has 1 aromatic rings. The van der Waals surface area contributed by atoms with Gasteiger partial charge in [0.2, 0.25) is 0 Å². The molecular formula is C10H13NO2. The average Bonchev–Trinajstić information content (AvgIpc) is 2.17. The van der Waals surface area contributed by atoms with E-state index in [1.807, 2.05) is 0 Å². The highest BCUT2D eigenvalue weighted by molar-refractivity contribution is 5.78. The van der Waals surface area contributed by atoms with Gasteiger partial charge in [-0.1, -0.05) is 13.0 Å². The van der Waals surface area contributed by atoms with E-state index >= 15 is 0 Å². The molecule has 13 heavy (non-hydrogen) atoms. The van der Waals surface area contributed by atoms with Gasteiger partial charge in [-0.25, -0.2) is 0 Å². The van der Waals surface area contributed by atoms with E-state index in [2.05, 4.69) is 4.98 Å². The van der Waals surface area contributed by atoms with Crippen molar-refractivity contribution in [3.8, 4) is 0 Å². The van der Waals surface area contributed by atoms with Crippen LogP contribution in [0.25, 0.3) is 0 Å². The van der Waals surface area contributed by atoms with Gasteiger partial charge in [0.05, 0.1) is 6.10 Å². The minimum Gasteiger partial charge on any atom is -0.388 e. The summed E-state index contributed by atoms with van der Waals surface area (Å²) in [6, 6.07) is 3.50. The molecule has 3 nitrogen and oxygen atoms in total.